The van der Waals surface area contributed by atoms with Gasteiger partial charge in [-0.2, -0.15) is 10.1 Å². The molecule has 2 fully saturated rings. The van der Waals surface area contributed by atoms with Gasteiger partial charge < -0.3 is 17.7 Å². The number of aromatic nitrogens is 5. The van der Waals surface area contributed by atoms with Gasteiger partial charge in [0, 0.05) is 18.2 Å². The normalized spacial score (nSPS) is 26.0. The zero-order chi connectivity index (χ0) is 26.4. The van der Waals surface area contributed by atoms with Gasteiger partial charge in [0.25, 0.3) is 0 Å². The van der Waals surface area contributed by atoms with Crippen molar-refractivity contribution in [3.05, 3.63) is 34.9 Å². The van der Waals surface area contributed by atoms with Crippen molar-refractivity contribution in [2.24, 2.45) is 0 Å². The Labute approximate surface area is 215 Å². The van der Waals surface area contributed by atoms with Crippen molar-refractivity contribution in [3.63, 3.8) is 0 Å². The lowest BCUT2D eigenvalue weighted by atomic mass is 10.2. The van der Waals surface area contributed by atoms with E-state index < -0.39 is 29.0 Å². The standard InChI is InChI=1S/C24H41N5O5Si2/c1-15(2)35(16(3)4)31-12-21-20(33-36(34-35,17(5)6)18(7)8)10-22(32-21)28-11-19(9)23(27-24(28)30)29-14-25-13-26-29/h11,13-18,20-22H,10,12H2,1-9H3/t20-,21+,22+/m0/s1. The molecule has 0 aromatic carbocycles. The van der Waals surface area contributed by atoms with Gasteiger partial charge in [0.1, 0.15) is 25.0 Å². The third kappa shape index (κ3) is 4.67. The molecule has 3 atom stereocenters. The zero-order valence-electron chi connectivity index (χ0n) is 23.0. The number of aryl methyl sites for hydroxylation is 1. The van der Waals surface area contributed by atoms with Crippen LogP contribution in [0.2, 0.25) is 22.2 Å². The second-order valence-electron chi connectivity index (χ2n) is 11.3. The lowest BCUT2D eigenvalue weighted by molar-refractivity contribution is -0.0566. The van der Waals surface area contributed by atoms with Crippen LogP contribution in [0.3, 0.4) is 0 Å². The minimum Gasteiger partial charge on any atom is -0.414 e. The molecule has 0 aliphatic carbocycles. The molecule has 0 bridgehead atoms. The molecule has 2 aromatic rings. The Morgan fingerprint density at radius 2 is 1.61 bits per heavy atom. The Bertz CT molecular complexity index is 1090. The van der Waals surface area contributed by atoms with Crippen LogP contribution < -0.4 is 5.69 Å². The second kappa shape index (κ2) is 10.2. The third-order valence-electron chi connectivity index (χ3n) is 7.58. The largest absolute Gasteiger partial charge is 0.414 e. The molecular weight excluding hydrogens is 494 g/mol. The first-order chi connectivity index (χ1) is 16.9. The summed E-state index contributed by atoms with van der Waals surface area (Å²) in [5, 5.41) is 4.11. The van der Waals surface area contributed by atoms with Gasteiger partial charge >= 0.3 is 22.8 Å². The van der Waals surface area contributed by atoms with E-state index in [1.54, 1.807) is 10.8 Å². The highest BCUT2D eigenvalue weighted by Gasteiger charge is 2.60. The van der Waals surface area contributed by atoms with Crippen LogP contribution in [0, 0.1) is 6.92 Å². The summed E-state index contributed by atoms with van der Waals surface area (Å²) >= 11 is 0. The highest BCUT2D eigenvalue weighted by Crippen LogP contribution is 2.48. The quantitative estimate of drug-likeness (QED) is 0.502. The second-order valence-corrected chi connectivity index (χ2v) is 20.1. The van der Waals surface area contributed by atoms with Gasteiger partial charge in [-0.3, -0.25) is 4.57 Å². The summed E-state index contributed by atoms with van der Waals surface area (Å²) in [6, 6.07) is 0. The lowest BCUT2D eigenvalue weighted by Crippen LogP contribution is -2.65. The highest BCUT2D eigenvalue weighted by molar-refractivity contribution is 6.83. The van der Waals surface area contributed by atoms with Crippen molar-refractivity contribution >= 4 is 17.1 Å². The molecule has 36 heavy (non-hydrogen) atoms. The van der Waals surface area contributed by atoms with Crippen LogP contribution in [-0.4, -0.2) is 60.3 Å². The molecule has 0 radical (unpaired) electrons. The number of nitrogens with zero attached hydrogens (tertiary/aromatic N) is 5. The van der Waals surface area contributed by atoms with Gasteiger partial charge in [-0.25, -0.2) is 14.5 Å². The third-order valence-corrected chi connectivity index (χ3v) is 17.9. The average molecular weight is 536 g/mol. The van der Waals surface area contributed by atoms with E-state index in [4.69, 9.17) is 17.7 Å². The predicted octanol–water partition coefficient (Wildman–Crippen LogP) is 4.38. The molecular formula is C24H41N5O5Si2. The van der Waals surface area contributed by atoms with E-state index in [0.29, 0.717) is 18.8 Å². The highest BCUT2D eigenvalue weighted by atomic mass is 28.5. The molecule has 2 aliphatic rings. The Morgan fingerprint density at radius 3 is 2.17 bits per heavy atom. The van der Waals surface area contributed by atoms with Crippen LogP contribution in [0.5, 0.6) is 0 Å². The first kappa shape index (κ1) is 27.3. The van der Waals surface area contributed by atoms with E-state index in [2.05, 4.69) is 70.5 Å². The summed E-state index contributed by atoms with van der Waals surface area (Å²) in [6.45, 7) is 19.9. The lowest BCUT2D eigenvalue weighted by Gasteiger charge is -2.51. The van der Waals surface area contributed by atoms with Gasteiger partial charge in [-0.15, -0.1) is 0 Å². The summed E-state index contributed by atoms with van der Waals surface area (Å²) in [7, 11) is -5.37. The van der Waals surface area contributed by atoms with E-state index in [1.807, 2.05) is 6.92 Å². The van der Waals surface area contributed by atoms with Crippen LogP contribution in [0.4, 0.5) is 0 Å². The van der Waals surface area contributed by atoms with E-state index in [0.717, 1.165) is 5.56 Å². The first-order valence-corrected chi connectivity index (χ1v) is 17.0. The molecule has 10 nitrogen and oxygen atoms in total. The number of fused-ring (bicyclic) bond motifs is 1. The smallest absolute Gasteiger partial charge is 0.351 e. The monoisotopic (exact) mass is 535 g/mol. The molecule has 4 heterocycles. The fraction of sp³-hybridized carbons (Fsp3) is 0.750. The van der Waals surface area contributed by atoms with Crippen molar-refractivity contribution in [2.45, 2.75) is 109 Å². The molecule has 2 aliphatic heterocycles. The Kier molecular flexibility index (Phi) is 7.76. The maximum atomic E-state index is 13.1. The summed E-state index contributed by atoms with van der Waals surface area (Å²) < 4.78 is 30.7. The van der Waals surface area contributed by atoms with Gasteiger partial charge in [-0.05, 0) is 29.1 Å². The Morgan fingerprint density at radius 1 is 0.972 bits per heavy atom. The van der Waals surface area contributed by atoms with Gasteiger partial charge in [0.05, 0.1) is 12.7 Å². The van der Waals surface area contributed by atoms with Crippen molar-refractivity contribution in [1.29, 1.82) is 0 Å². The molecule has 0 amide bonds. The molecule has 0 saturated carbocycles. The van der Waals surface area contributed by atoms with Crippen LogP contribution in [0.15, 0.2) is 23.6 Å². The topological polar surface area (TPSA) is 103 Å². The van der Waals surface area contributed by atoms with Gasteiger partial charge in [-0.1, -0.05) is 55.4 Å². The zero-order valence-corrected chi connectivity index (χ0v) is 25.0. The molecule has 200 valence electrons. The van der Waals surface area contributed by atoms with Crippen LogP contribution in [0.25, 0.3) is 5.82 Å². The van der Waals surface area contributed by atoms with Crippen LogP contribution >= 0.6 is 0 Å². The predicted molar refractivity (Wildman–Crippen MR) is 140 cm³/mol. The minimum atomic E-state index is -2.73. The van der Waals surface area contributed by atoms with Crippen LogP contribution in [0.1, 0.15) is 73.6 Å². The van der Waals surface area contributed by atoms with E-state index in [9.17, 15) is 4.79 Å². The average Bonchev–Trinajstić information content (AvgIpc) is 3.45. The number of hydrogen-bond donors (Lipinski definition) is 0. The van der Waals surface area contributed by atoms with Crippen molar-refractivity contribution in [3.8, 4) is 5.82 Å². The first-order valence-electron chi connectivity index (χ1n) is 13.0. The summed E-state index contributed by atoms with van der Waals surface area (Å²) in [5.41, 5.74) is 1.39. The number of ether oxygens (including phenoxy) is 1. The van der Waals surface area contributed by atoms with Crippen molar-refractivity contribution < 1.29 is 17.7 Å². The maximum absolute atomic E-state index is 13.1. The van der Waals surface area contributed by atoms with E-state index in [-0.39, 0.29) is 34.4 Å². The molecule has 0 N–H and O–H groups in total. The van der Waals surface area contributed by atoms with Gasteiger partial charge in [0.2, 0.25) is 0 Å². The van der Waals surface area contributed by atoms with Crippen LogP contribution in [-0.2, 0) is 17.7 Å². The fourth-order valence-electron chi connectivity index (χ4n) is 5.62. The van der Waals surface area contributed by atoms with E-state index in [1.165, 1.54) is 17.3 Å². The maximum Gasteiger partial charge on any atom is 0.351 e. The van der Waals surface area contributed by atoms with Crippen molar-refractivity contribution in [2.75, 3.05) is 6.61 Å². The molecule has 12 heteroatoms. The van der Waals surface area contributed by atoms with Gasteiger partial charge in [0.15, 0.2) is 5.82 Å². The minimum absolute atomic E-state index is 0.222. The summed E-state index contributed by atoms with van der Waals surface area (Å²) in [5.74, 6) is 0.460. The fourth-order valence-corrected chi connectivity index (χ4v) is 16.8. The number of rotatable bonds is 6. The molecule has 2 aromatic heterocycles. The summed E-state index contributed by atoms with van der Waals surface area (Å²) in [6.07, 6.45) is 4.26. The summed E-state index contributed by atoms with van der Waals surface area (Å²) in [4.78, 5) is 21.3. The number of hydrogen-bond acceptors (Lipinski definition) is 8. The molecule has 4 rings (SSSR count). The SMILES string of the molecule is Cc1cn([C@H]2C[C@@H]3O[Si](C(C)C)(C(C)C)O[Si](C(C)C)(C(C)C)OC[C@H]3O2)c(=O)nc1-n1cncn1. The van der Waals surface area contributed by atoms with E-state index >= 15 is 0 Å². The van der Waals surface area contributed by atoms with Crippen molar-refractivity contribution in [1.82, 2.24) is 24.3 Å². The molecule has 0 unspecified atom stereocenters. The molecule has 0 spiro atoms. The Hall–Kier alpha value is -1.71. The molecule has 2 saturated heterocycles. The Balaban J connectivity index is 1.70.